The van der Waals surface area contributed by atoms with Gasteiger partial charge in [0.1, 0.15) is 12.4 Å². The molecule has 144 valence electrons. The van der Waals surface area contributed by atoms with Crippen LogP contribution in [0.25, 0.3) is 0 Å². The van der Waals surface area contributed by atoms with Crippen LogP contribution in [0.2, 0.25) is 0 Å². The molecular formula is C20H25FN4O2. The normalized spacial score (nSPS) is 19.3. The molecule has 0 saturated carbocycles. The van der Waals surface area contributed by atoms with Crippen LogP contribution in [-0.4, -0.2) is 59.0 Å². The van der Waals surface area contributed by atoms with E-state index in [2.05, 4.69) is 14.9 Å². The van der Waals surface area contributed by atoms with E-state index in [4.69, 9.17) is 4.74 Å². The molecule has 1 N–H and O–H groups in total. The minimum atomic E-state index is -0.373. The molecule has 3 heterocycles. The summed E-state index contributed by atoms with van der Waals surface area (Å²) in [5.41, 5.74) is 2.74. The summed E-state index contributed by atoms with van der Waals surface area (Å²) in [6, 6.07) is 6.76. The standard InChI is InChI=1S/C20H25FN4O2/c1-27-13-18(26)25-8-5-17-19(23-14-22-17)20(25)6-9-24(10-7-20)12-15-3-2-4-16(21)11-15/h2-4,11,14H,5-10,12-13H2,1H3,(H,22,23). The Morgan fingerprint density at radius 3 is 2.89 bits per heavy atom. The van der Waals surface area contributed by atoms with Crippen LogP contribution >= 0.6 is 0 Å². The van der Waals surface area contributed by atoms with Crippen LogP contribution < -0.4 is 0 Å². The summed E-state index contributed by atoms with van der Waals surface area (Å²) >= 11 is 0. The second-order valence-electron chi connectivity index (χ2n) is 7.40. The molecule has 0 unspecified atom stereocenters. The Bertz CT molecular complexity index is 814. The van der Waals surface area contributed by atoms with E-state index < -0.39 is 0 Å². The van der Waals surface area contributed by atoms with Crippen molar-refractivity contribution in [1.29, 1.82) is 0 Å². The Morgan fingerprint density at radius 2 is 2.15 bits per heavy atom. The lowest BCUT2D eigenvalue weighted by atomic mass is 9.78. The Labute approximate surface area is 158 Å². The average Bonchev–Trinajstić information content (AvgIpc) is 3.14. The summed E-state index contributed by atoms with van der Waals surface area (Å²) in [5, 5.41) is 0. The highest BCUT2D eigenvalue weighted by Crippen LogP contribution is 2.42. The number of aromatic nitrogens is 2. The van der Waals surface area contributed by atoms with Crippen LogP contribution in [-0.2, 0) is 28.0 Å². The number of nitrogens with one attached hydrogen (secondary N) is 1. The number of ether oxygens (including phenoxy) is 1. The van der Waals surface area contributed by atoms with Gasteiger partial charge >= 0.3 is 0 Å². The molecule has 2 aromatic rings. The van der Waals surface area contributed by atoms with Crippen LogP contribution in [0.3, 0.4) is 0 Å². The van der Waals surface area contributed by atoms with Crippen molar-refractivity contribution in [3.05, 3.63) is 53.4 Å². The summed E-state index contributed by atoms with van der Waals surface area (Å²) in [6.07, 6.45) is 4.15. The smallest absolute Gasteiger partial charge is 0.249 e. The fourth-order valence-corrected chi connectivity index (χ4v) is 4.52. The summed E-state index contributed by atoms with van der Waals surface area (Å²) in [7, 11) is 1.55. The van der Waals surface area contributed by atoms with Crippen molar-refractivity contribution in [2.45, 2.75) is 31.3 Å². The zero-order chi connectivity index (χ0) is 18.9. The number of hydrogen-bond donors (Lipinski definition) is 1. The third kappa shape index (κ3) is 3.37. The van der Waals surface area contributed by atoms with E-state index in [1.807, 2.05) is 11.0 Å². The first-order valence-corrected chi connectivity index (χ1v) is 9.41. The summed E-state index contributed by atoms with van der Waals surface area (Å²) < 4.78 is 18.6. The van der Waals surface area contributed by atoms with Gasteiger partial charge in [0.05, 0.1) is 17.6 Å². The quantitative estimate of drug-likeness (QED) is 0.893. The number of piperidine rings is 1. The zero-order valence-electron chi connectivity index (χ0n) is 15.6. The molecule has 4 rings (SSSR count). The van der Waals surface area contributed by atoms with E-state index >= 15 is 0 Å². The number of carbonyl (C=O) groups excluding carboxylic acids is 1. The number of benzene rings is 1. The van der Waals surface area contributed by atoms with E-state index in [-0.39, 0.29) is 23.9 Å². The zero-order valence-corrected chi connectivity index (χ0v) is 15.6. The topological polar surface area (TPSA) is 61.5 Å². The van der Waals surface area contributed by atoms with Gasteiger partial charge in [0.25, 0.3) is 0 Å². The number of aromatic amines is 1. The highest BCUT2D eigenvalue weighted by Gasteiger charge is 2.48. The third-order valence-corrected chi connectivity index (χ3v) is 5.81. The van der Waals surface area contributed by atoms with Crippen molar-refractivity contribution in [1.82, 2.24) is 19.8 Å². The van der Waals surface area contributed by atoms with E-state index in [0.29, 0.717) is 13.1 Å². The molecule has 1 spiro atoms. The molecule has 0 bridgehead atoms. The van der Waals surface area contributed by atoms with Crippen molar-refractivity contribution in [3.63, 3.8) is 0 Å². The fourth-order valence-electron chi connectivity index (χ4n) is 4.52. The number of likely N-dealkylation sites (tertiary alicyclic amines) is 1. The van der Waals surface area contributed by atoms with Crippen LogP contribution in [0.1, 0.15) is 29.8 Å². The minimum Gasteiger partial charge on any atom is -0.375 e. The first-order valence-electron chi connectivity index (χ1n) is 9.41. The van der Waals surface area contributed by atoms with Gasteiger partial charge in [-0.25, -0.2) is 9.37 Å². The molecule has 0 atom stereocenters. The maximum atomic E-state index is 13.5. The molecule has 0 aliphatic carbocycles. The number of nitrogens with zero attached hydrogens (tertiary/aromatic N) is 3. The van der Waals surface area contributed by atoms with Gasteiger partial charge in [-0.2, -0.15) is 0 Å². The van der Waals surface area contributed by atoms with Crippen LogP contribution in [0.5, 0.6) is 0 Å². The Kier molecular flexibility index (Phi) is 4.97. The number of H-pyrrole nitrogens is 1. The lowest BCUT2D eigenvalue weighted by Crippen LogP contribution is -2.58. The van der Waals surface area contributed by atoms with Crippen molar-refractivity contribution in [2.75, 3.05) is 33.4 Å². The first-order chi connectivity index (χ1) is 13.1. The average molecular weight is 372 g/mol. The Balaban J connectivity index is 1.54. The van der Waals surface area contributed by atoms with Crippen molar-refractivity contribution < 1.29 is 13.9 Å². The summed E-state index contributed by atoms with van der Waals surface area (Å²) in [5.74, 6) is -0.185. The van der Waals surface area contributed by atoms with Crippen LogP contribution in [0.4, 0.5) is 4.39 Å². The molecule has 1 aromatic carbocycles. The number of methoxy groups -OCH3 is 1. The number of rotatable bonds is 4. The SMILES string of the molecule is COCC(=O)N1CCc2[nH]cnc2C12CCN(Cc1cccc(F)c1)CC2. The third-order valence-electron chi connectivity index (χ3n) is 5.81. The molecule has 27 heavy (non-hydrogen) atoms. The van der Waals surface area contributed by atoms with Gasteiger partial charge in [0, 0.05) is 45.4 Å². The number of halogens is 1. The number of imidazole rings is 1. The summed E-state index contributed by atoms with van der Waals surface area (Å²) in [6.45, 7) is 3.15. The lowest BCUT2D eigenvalue weighted by Gasteiger charge is -2.50. The molecule has 1 fully saturated rings. The molecule has 1 saturated heterocycles. The lowest BCUT2D eigenvalue weighted by molar-refractivity contribution is -0.146. The molecule has 2 aliphatic heterocycles. The van der Waals surface area contributed by atoms with Gasteiger partial charge in [-0.05, 0) is 30.5 Å². The maximum absolute atomic E-state index is 13.5. The van der Waals surface area contributed by atoms with E-state index in [1.54, 1.807) is 25.6 Å². The Hall–Kier alpha value is -2.25. The molecule has 1 aromatic heterocycles. The van der Waals surface area contributed by atoms with E-state index in [9.17, 15) is 9.18 Å². The van der Waals surface area contributed by atoms with Gasteiger partial charge in [-0.15, -0.1) is 0 Å². The summed E-state index contributed by atoms with van der Waals surface area (Å²) in [4.78, 5) is 24.8. The molecule has 1 amide bonds. The van der Waals surface area contributed by atoms with Crippen LogP contribution in [0.15, 0.2) is 30.6 Å². The maximum Gasteiger partial charge on any atom is 0.249 e. The molecule has 7 heteroatoms. The highest BCUT2D eigenvalue weighted by atomic mass is 19.1. The Morgan fingerprint density at radius 1 is 1.33 bits per heavy atom. The van der Waals surface area contributed by atoms with Crippen LogP contribution in [0, 0.1) is 5.82 Å². The van der Waals surface area contributed by atoms with Crippen molar-refractivity contribution >= 4 is 5.91 Å². The number of carbonyl (C=O) groups is 1. The van der Waals surface area contributed by atoms with Crippen molar-refractivity contribution in [2.24, 2.45) is 0 Å². The van der Waals surface area contributed by atoms with Crippen molar-refractivity contribution in [3.8, 4) is 0 Å². The number of amides is 1. The van der Waals surface area contributed by atoms with Gasteiger partial charge in [-0.3, -0.25) is 9.69 Å². The predicted molar refractivity (Wildman–Crippen MR) is 98.5 cm³/mol. The number of fused-ring (bicyclic) bond motifs is 2. The minimum absolute atomic E-state index is 0.0183. The second-order valence-corrected chi connectivity index (χ2v) is 7.40. The van der Waals surface area contributed by atoms with Gasteiger partial charge in [-0.1, -0.05) is 12.1 Å². The first kappa shape index (κ1) is 18.1. The monoisotopic (exact) mass is 372 g/mol. The molecule has 2 aliphatic rings. The van der Waals surface area contributed by atoms with Gasteiger partial charge in [0.2, 0.25) is 5.91 Å². The fraction of sp³-hybridized carbons (Fsp3) is 0.500. The van der Waals surface area contributed by atoms with E-state index in [0.717, 1.165) is 49.3 Å². The highest BCUT2D eigenvalue weighted by molar-refractivity contribution is 5.79. The molecular weight excluding hydrogens is 347 g/mol. The second kappa shape index (κ2) is 7.40. The van der Waals surface area contributed by atoms with E-state index in [1.165, 1.54) is 6.07 Å². The van der Waals surface area contributed by atoms with Gasteiger partial charge < -0.3 is 14.6 Å². The number of hydrogen-bond acceptors (Lipinski definition) is 4. The molecule has 6 nitrogen and oxygen atoms in total. The predicted octanol–water partition coefficient (Wildman–Crippen LogP) is 2.07. The molecule has 0 radical (unpaired) electrons. The van der Waals surface area contributed by atoms with Gasteiger partial charge in [0.15, 0.2) is 0 Å². The largest absolute Gasteiger partial charge is 0.375 e.